The summed E-state index contributed by atoms with van der Waals surface area (Å²) in [6, 6.07) is 20.1. The van der Waals surface area contributed by atoms with Crippen LogP contribution in [0.5, 0.6) is 0 Å². The van der Waals surface area contributed by atoms with Crippen molar-refractivity contribution >= 4 is 41.2 Å². The van der Waals surface area contributed by atoms with Gasteiger partial charge in [0.05, 0.1) is 107 Å². The molecule has 0 bridgehead atoms. The number of hydrogen-bond donors (Lipinski definition) is 5. The molecule has 378 valence electrons. The number of amides is 6. The lowest BCUT2D eigenvalue weighted by atomic mass is 9.94. The normalized spacial score (nSPS) is 18.2. The van der Waals surface area contributed by atoms with E-state index < -0.39 is 89.3 Å². The molecule has 23 heteroatoms. The molecule has 4 aromatic rings. The van der Waals surface area contributed by atoms with Gasteiger partial charge in [0.15, 0.2) is 6.54 Å². The fourth-order valence-corrected chi connectivity index (χ4v) is 9.89. The molecule has 0 saturated carbocycles. The Morgan fingerprint density at radius 2 is 1.05 bits per heavy atom. The number of aliphatic hydroxyl groups excluding tert-OH is 1. The second-order valence-electron chi connectivity index (χ2n) is 17.9. The maximum atomic E-state index is 14.4. The van der Waals surface area contributed by atoms with Crippen molar-refractivity contribution in [2.75, 3.05) is 62.2 Å². The first-order valence-corrected chi connectivity index (χ1v) is 22.6. The number of nitrogens with one attached hydrogen (secondary N) is 2. The number of nitrogens with zero attached hydrogens (tertiary/aromatic N) is 7. The van der Waals surface area contributed by atoms with Crippen LogP contribution in [-0.2, 0) is 26.7 Å². The number of carboxylic acid groups (broad SMARTS) is 1. The Morgan fingerprint density at radius 1 is 0.658 bits per heavy atom. The van der Waals surface area contributed by atoms with Crippen LogP contribution in [0.4, 0.5) is 47.3 Å². The number of hydrogen-bond acceptors (Lipinski definition) is 9. The highest BCUT2D eigenvalue weighted by Gasteiger charge is 2.47. The number of carboxylic acids is 1. The smallest absolute Gasteiger partial charge is 0.416 e. The molecule has 4 aliphatic heterocycles. The molecule has 4 aromatic carbocycles. The van der Waals surface area contributed by atoms with Crippen molar-refractivity contribution in [2.45, 2.75) is 43.6 Å². The number of benzene rings is 4. The highest BCUT2D eigenvalue weighted by molar-refractivity contribution is 6.08. The second-order valence-corrected chi connectivity index (χ2v) is 17.9. The van der Waals surface area contributed by atoms with Crippen LogP contribution in [0.1, 0.15) is 58.3 Å². The van der Waals surface area contributed by atoms with Gasteiger partial charge in [-0.15, -0.1) is 0 Å². The molecule has 6 amide bonds. The molecule has 0 radical (unpaired) electrons. The maximum absolute atomic E-state index is 14.4. The first-order chi connectivity index (χ1) is 34.6. The summed E-state index contributed by atoms with van der Waals surface area (Å²) >= 11 is 0. The molecule has 2 atom stereocenters. The summed E-state index contributed by atoms with van der Waals surface area (Å²) < 4.78 is 82.7. The number of rotatable bonds is 16. The maximum Gasteiger partial charge on any atom is 0.416 e. The highest BCUT2D eigenvalue weighted by Crippen LogP contribution is 2.42. The van der Waals surface area contributed by atoms with Crippen molar-refractivity contribution in [3.63, 3.8) is 0 Å². The number of carbonyl (C=O) groups is 5. The summed E-state index contributed by atoms with van der Waals surface area (Å²) in [6.07, 6.45) is -11.5. The topological polar surface area (TPSA) is 231 Å². The summed E-state index contributed by atoms with van der Waals surface area (Å²) in [5.74, 6) is -2.53. The van der Waals surface area contributed by atoms with Gasteiger partial charge >= 0.3 is 30.4 Å². The molecule has 5 N–H and O–H groups in total. The Balaban J connectivity index is 1.03. The Hall–Kier alpha value is -8.25. The fourth-order valence-electron chi connectivity index (χ4n) is 9.89. The molecule has 0 fully saturated rings. The van der Waals surface area contributed by atoms with E-state index in [-0.39, 0.29) is 97.2 Å². The van der Waals surface area contributed by atoms with E-state index in [0.29, 0.717) is 11.1 Å². The van der Waals surface area contributed by atoms with Gasteiger partial charge in [-0.3, -0.25) is 19.4 Å². The Bertz CT molecular complexity index is 2830. The average molecular weight is 1010 g/mol. The van der Waals surface area contributed by atoms with Crippen LogP contribution in [0.3, 0.4) is 0 Å². The number of anilines is 2. The third kappa shape index (κ3) is 10.6. The first-order valence-electron chi connectivity index (χ1n) is 22.6. The van der Waals surface area contributed by atoms with E-state index in [4.69, 9.17) is 0 Å². The van der Waals surface area contributed by atoms with E-state index in [1.807, 2.05) is 12.1 Å². The van der Waals surface area contributed by atoms with E-state index >= 15 is 0 Å². The van der Waals surface area contributed by atoms with Crippen LogP contribution in [0, 0.1) is 22.7 Å². The van der Waals surface area contributed by atoms with Crippen LogP contribution < -0.4 is 20.4 Å². The molecule has 0 unspecified atom stereocenters. The van der Waals surface area contributed by atoms with Crippen molar-refractivity contribution in [1.82, 2.24) is 20.4 Å². The number of aliphatic hydroxyl groups is 2. The van der Waals surface area contributed by atoms with Crippen molar-refractivity contribution in [3.05, 3.63) is 153 Å². The van der Waals surface area contributed by atoms with Gasteiger partial charge in [0.2, 0.25) is 6.29 Å². The van der Waals surface area contributed by atoms with Gasteiger partial charge in [0.25, 0.3) is 11.8 Å². The predicted octanol–water partition coefficient (Wildman–Crippen LogP) is 5.89. The number of quaternary nitrogens is 1. The number of halogens is 6. The van der Waals surface area contributed by atoms with Gasteiger partial charge in [-0.1, -0.05) is 36.4 Å². The zero-order valence-corrected chi connectivity index (χ0v) is 38.3. The van der Waals surface area contributed by atoms with E-state index in [0.717, 1.165) is 46.2 Å². The predicted molar refractivity (Wildman–Crippen MR) is 245 cm³/mol. The minimum Gasteiger partial charge on any atom is -0.477 e. The van der Waals surface area contributed by atoms with Crippen molar-refractivity contribution < 1.29 is 70.1 Å². The van der Waals surface area contributed by atoms with Crippen LogP contribution in [0.25, 0.3) is 0 Å². The lowest BCUT2D eigenvalue weighted by Gasteiger charge is -2.38. The Kier molecular flexibility index (Phi) is 14.1. The van der Waals surface area contributed by atoms with E-state index in [9.17, 15) is 76.2 Å². The van der Waals surface area contributed by atoms with Gasteiger partial charge in [0, 0.05) is 25.9 Å². The molecule has 73 heavy (non-hydrogen) atoms. The zero-order chi connectivity index (χ0) is 52.6. The summed E-state index contributed by atoms with van der Waals surface area (Å²) in [7, 11) is 0. The third-order valence-electron chi connectivity index (χ3n) is 13.1. The van der Waals surface area contributed by atoms with Crippen LogP contribution in [-0.4, -0.2) is 118 Å². The van der Waals surface area contributed by atoms with Gasteiger partial charge in [-0.25, -0.2) is 14.4 Å². The molecule has 4 aliphatic rings. The molecule has 0 aliphatic carbocycles. The standard InChI is InChI=1S/C50H43F6N9O8/c51-49(52,53)33-5-1-7-35(21-33)63-37-25-61(45(70)41(37)43(59-47(63)72)31-13-9-29(23-57)10-14-31)17-3-19-65(27-39(66)67,28-40(68)69)20-4-18-62-26-38-42(46(62)71)44(32-15-11-30(24-58)12-16-32)60-48(73)64(38)36-8-2-6-34(22-36)50(54,55)56/h1-2,5-16,21-22,39,43-44,66-67H,3-4,17-20,25-28H2,(H2-,59,60,68,69,72,73)/p+1/t43-,44-/m1/s1. The summed E-state index contributed by atoms with van der Waals surface area (Å²) in [6.45, 7) is -2.13. The molecular formula is C50H44F6N9O8+. The molecule has 0 spiro atoms. The lowest BCUT2D eigenvalue weighted by Crippen LogP contribution is -2.57. The van der Waals surface area contributed by atoms with Crippen molar-refractivity contribution in [2.24, 2.45) is 0 Å². The minimum atomic E-state index is -4.77. The van der Waals surface area contributed by atoms with Crippen LogP contribution in [0.2, 0.25) is 0 Å². The monoisotopic (exact) mass is 1010 g/mol. The van der Waals surface area contributed by atoms with E-state index in [1.54, 1.807) is 0 Å². The number of alkyl halides is 6. The largest absolute Gasteiger partial charge is 0.477 e. The van der Waals surface area contributed by atoms with Gasteiger partial charge in [-0.2, -0.15) is 36.9 Å². The van der Waals surface area contributed by atoms with Crippen molar-refractivity contribution in [3.8, 4) is 12.1 Å². The fraction of sp³-hybridized carbons (Fsp3) is 0.300. The van der Waals surface area contributed by atoms with Gasteiger partial charge in [0.1, 0.15) is 6.54 Å². The lowest BCUT2D eigenvalue weighted by molar-refractivity contribution is -0.926. The number of nitriles is 2. The third-order valence-corrected chi connectivity index (χ3v) is 13.1. The molecule has 17 nitrogen and oxygen atoms in total. The molecule has 0 aromatic heterocycles. The van der Waals surface area contributed by atoms with E-state index in [1.165, 1.54) is 70.5 Å². The molecule has 0 saturated heterocycles. The minimum absolute atomic E-state index is 0.0171. The molecular weight excluding hydrogens is 969 g/mol. The summed E-state index contributed by atoms with van der Waals surface area (Å²) in [5, 5.41) is 55.0. The number of aliphatic carboxylic acids is 1. The molecule has 4 heterocycles. The number of carbonyl (C=O) groups excluding carboxylic acids is 4. The number of urea groups is 2. The van der Waals surface area contributed by atoms with Crippen molar-refractivity contribution in [1.29, 1.82) is 10.5 Å². The quantitative estimate of drug-likeness (QED) is 0.0507. The molecule has 8 rings (SSSR count). The summed E-state index contributed by atoms with van der Waals surface area (Å²) in [4.78, 5) is 73.6. The van der Waals surface area contributed by atoms with Gasteiger partial charge < -0.3 is 40.2 Å². The average Bonchev–Trinajstić information content (AvgIpc) is 3.84. The van der Waals surface area contributed by atoms with Crippen LogP contribution >= 0.6 is 0 Å². The Labute approximate surface area is 412 Å². The first kappa shape index (κ1) is 51.1. The Morgan fingerprint density at radius 3 is 1.40 bits per heavy atom. The SMILES string of the molecule is N#Cc1ccc([C@H]2NC(=O)N(c3cccc(C(F)(F)F)c3)C3=C2C(=O)N(CCC[N+](CCCN2CC4=C(C2=O)[C@@H](c2ccc(C#N)cc2)NC(=O)N4c2cccc(C(F)(F)F)c2)(CC(=O)O)CC(O)O)C3)cc1. The van der Waals surface area contributed by atoms with Crippen LogP contribution in [0.15, 0.2) is 120 Å². The van der Waals surface area contributed by atoms with Gasteiger partial charge in [-0.05, 0) is 71.8 Å². The zero-order valence-electron chi connectivity index (χ0n) is 38.3. The summed E-state index contributed by atoms with van der Waals surface area (Å²) in [5.41, 5.74) is -0.842. The highest BCUT2D eigenvalue weighted by atomic mass is 19.4. The van der Waals surface area contributed by atoms with E-state index in [2.05, 4.69) is 10.6 Å². The second kappa shape index (κ2) is 20.1.